The SMILES string of the molecule is CC(C)(C)NS(=O)(=O)c1cc(N)ccc1-c1cnc(N2CC3C(N)C3C2)s1. The number of anilines is 2. The summed E-state index contributed by atoms with van der Waals surface area (Å²) < 4.78 is 28.6. The van der Waals surface area contributed by atoms with E-state index in [-0.39, 0.29) is 4.90 Å². The molecule has 1 saturated heterocycles. The Morgan fingerprint density at radius 2 is 1.93 bits per heavy atom. The summed E-state index contributed by atoms with van der Waals surface area (Å²) in [6.45, 7) is 7.29. The van der Waals surface area contributed by atoms with Crippen LogP contribution in [0.25, 0.3) is 10.4 Å². The van der Waals surface area contributed by atoms with Gasteiger partial charge in [-0.1, -0.05) is 17.4 Å². The van der Waals surface area contributed by atoms with E-state index in [4.69, 9.17) is 11.5 Å². The molecule has 7 nitrogen and oxygen atoms in total. The molecule has 0 bridgehead atoms. The lowest BCUT2D eigenvalue weighted by Crippen LogP contribution is -2.40. The van der Waals surface area contributed by atoms with Crippen molar-refractivity contribution < 1.29 is 8.42 Å². The smallest absolute Gasteiger partial charge is 0.241 e. The molecule has 1 aliphatic carbocycles. The molecule has 27 heavy (non-hydrogen) atoms. The second-order valence-corrected chi connectivity index (χ2v) is 11.1. The Hall–Kier alpha value is -1.68. The number of nitrogens with zero attached hydrogens (tertiary/aromatic N) is 2. The molecule has 5 N–H and O–H groups in total. The van der Waals surface area contributed by atoms with E-state index < -0.39 is 15.6 Å². The van der Waals surface area contributed by atoms with Crippen LogP contribution in [-0.4, -0.2) is 38.1 Å². The van der Waals surface area contributed by atoms with Gasteiger partial charge in [0.25, 0.3) is 0 Å². The van der Waals surface area contributed by atoms with Crippen LogP contribution in [0.5, 0.6) is 0 Å². The van der Waals surface area contributed by atoms with Gasteiger partial charge >= 0.3 is 0 Å². The maximum absolute atomic E-state index is 12.9. The second-order valence-electron chi connectivity index (χ2n) is 8.43. The first-order valence-electron chi connectivity index (χ1n) is 8.95. The maximum Gasteiger partial charge on any atom is 0.241 e. The lowest BCUT2D eigenvalue weighted by atomic mass is 10.1. The summed E-state index contributed by atoms with van der Waals surface area (Å²) in [6, 6.07) is 5.31. The van der Waals surface area contributed by atoms with Crippen molar-refractivity contribution >= 4 is 32.2 Å². The van der Waals surface area contributed by atoms with Crippen LogP contribution in [0.4, 0.5) is 10.8 Å². The highest BCUT2D eigenvalue weighted by atomic mass is 32.2. The molecule has 2 heterocycles. The first-order valence-corrected chi connectivity index (χ1v) is 11.3. The van der Waals surface area contributed by atoms with Crippen molar-refractivity contribution in [1.29, 1.82) is 0 Å². The monoisotopic (exact) mass is 407 g/mol. The lowest BCUT2D eigenvalue weighted by molar-refractivity contribution is 0.491. The Morgan fingerprint density at radius 3 is 2.56 bits per heavy atom. The van der Waals surface area contributed by atoms with Gasteiger partial charge in [0.1, 0.15) is 0 Å². The van der Waals surface area contributed by atoms with E-state index >= 15 is 0 Å². The summed E-state index contributed by atoms with van der Waals surface area (Å²) >= 11 is 1.50. The zero-order valence-electron chi connectivity index (χ0n) is 15.6. The van der Waals surface area contributed by atoms with Gasteiger partial charge in [0.15, 0.2) is 5.13 Å². The highest BCUT2D eigenvalue weighted by Gasteiger charge is 2.54. The van der Waals surface area contributed by atoms with Crippen LogP contribution in [0.1, 0.15) is 20.8 Å². The quantitative estimate of drug-likeness (QED) is 0.667. The average Bonchev–Trinajstić information content (AvgIpc) is 3.00. The van der Waals surface area contributed by atoms with Crippen molar-refractivity contribution in [3.05, 3.63) is 24.4 Å². The molecule has 4 rings (SSSR count). The molecule has 146 valence electrons. The van der Waals surface area contributed by atoms with Crippen LogP contribution in [-0.2, 0) is 10.0 Å². The highest BCUT2D eigenvalue weighted by Crippen LogP contribution is 2.46. The number of rotatable bonds is 4. The molecule has 1 aromatic carbocycles. The van der Waals surface area contributed by atoms with Crippen molar-refractivity contribution in [3.8, 4) is 10.4 Å². The molecule has 2 aliphatic rings. The maximum atomic E-state index is 12.9. The van der Waals surface area contributed by atoms with Gasteiger partial charge in [0.2, 0.25) is 10.0 Å². The van der Waals surface area contributed by atoms with Gasteiger partial charge in [-0.25, -0.2) is 18.1 Å². The number of benzene rings is 1. The minimum Gasteiger partial charge on any atom is -0.399 e. The fourth-order valence-electron chi connectivity index (χ4n) is 3.69. The third-order valence-corrected chi connectivity index (χ3v) is 7.91. The van der Waals surface area contributed by atoms with Gasteiger partial charge in [0.05, 0.1) is 9.77 Å². The van der Waals surface area contributed by atoms with E-state index in [0.29, 0.717) is 29.1 Å². The Morgan fingerprint density at radius 1 is 1.26 bits per heavy atom. The number of piperidine rings is 1. The van der Waals surface area contributed by atoms with E-state index in [1.165, 1.54) is 17.4 Å². The number of nitrogens with one attached hydrogen (secondary N) is 1. The van der Waals surface area contributed by atoms with E-state index in [1.54, 1.807) is 18.3 Å². The van der Waals surface area contributed by atoms with Crippen molar-refractivity contribution in [1.82, 2.24) is 9.71 Å². The molecule has 1 aliphatic heterocycles. The van der Waals surface area contributed by atoms with Crippen molar-refractivity contribution in [2.45, 2.75) is 37.2 Å². The number of nitrogens with two attached hydrogens (primary N) is 2. The first kappa shape index (κ1) is 18.7. The molecular weight excluding hydrogens is 382 g/mol. The molecule has 9 heteroatoms. The largest absolute Gasteiger partial charge is 0.399 e. The molecule has 0 spiro atoms. The van der Waals surface area contributed by atoms with Crippen LogP contribution >= 0.6 is 11.3 Å². The van der Waals surface area contributed by atoms with Gasteiger partial charge in [-0.2, -0.15) is 0 Å². The van der Waals surface area contributed by atoms with Gasteiger partial charge in [-0.3, -0.25) is 0 Å². The molecular formula is C18H25N5O2S2. The Kier molecular flexibility index (Phi) is 4.26. The number of nitrogen functional groups attached to an aromatic ring is 1. The number of thiazole rings is 1. The molecule has 2 unspecified atom stereocenters. The zero-order valence-corrected chi connectivity index (χ0v) is 17.3. The zero-order chi connectivity index (χ0) is 19.6. The average molecular weight is 408 g/mol. The Balaban J connectivity index is 1.67. The molecule has 2 aromatic rings. The van der Waals surface area contributed by atoms with E-state index in [9.17, 15) is 8.42 Å². The van der Waals surface area contributed by atoms with Crippen LogP contribution in [0.15, 0.2) is 29.3 Å². The van der Waals surface area contributed by atoms with Gasteiger partial charge < -0.3 is 16.4 Å². The third-order valence-electron chi connectivity index (χ3n) is 5.03. The van der Waals surface area contributed by atoms with Crippen LogP contribution in [0.2, 0.25) is 0 Å². The predicted octanol–water partition coefficient (Wildman–Crippen LogP) is 1.86. The van der Waals surface area contributed by atoms with Crippen molar-refractivity contribution in [2.75, 3.05) is 23.7 Å². The molecule has 2 fully saturated rings. The molecule has 1 aromatic heterocycles. The standard InChI is InChI=1S/C18H25N5O2S2/c1-18(2,3)22-27(24,25)15-6-10(19)4-5-11(15)14-7-21-17(26-14)23-8-12-13(9-23)16(12)20/h4-7,12-13,16,22H,8-9,19-20H2,1-3H3. The minimum absolute atomic E-state index is 0.180. The predicted molar refractivity (Wildman–Crippen MR) is 109 cm³/mol. The second kappa shape index (κ2) is 6.16. The summed E-state index contributed by atoms with van der Waals surface area (Å²) in [5.41, 5.74) is 12.3. The number of sulfonamides is 1. The van der Waals surface area contributed by atoms with E-state index in [1.807, 2.05) is 20.8 Å². The lowest BCUT2D eigenvalue weighted by Gasteiger charge is -2.21. The number of fused-ring (bicyclic) bond motifs is 1. The summed E-state index contributed by atoms with van der Waals surface area (Å²) in [7, 11) is -3.72. The number of hydrogen-bond acceptors (Lipinski definition) is 7. The summed E-state index contributed by atoms with van der Waals surface area (Å²) in [4.78, 5) is 7.76. The van der Waals surface area contributed by atoms with Crippen LogP contribution in [0.3, 0.4) is 0 Å². The Bertz CT molecular complexity index is 968. The fourth-order valence-corrected chi connectivity index (χ4v) is 6.40. The van der Waals surface area contributed by atoms with Gasteiger partial charge in [-0.15, -0.1) is 0 Å². The summed E-state index contributed by atoms with van der Waals surface area (Å²) in [6.07, 6.45) is 1.74. The third kappa shape index (κ3) is 3.56. The van der Waals surface area contributed by atoms with Gasteiger partial charge in [0, 0.05) is 42.1 Å². The van der Waals surface area contributed by atoms with Crippen LogP contribution in [0, 0.1) is 11.8 Å². The summed E-state index contributed by atoms with van der Waals surface area (Å²) in [5.74, 6) is 1.14. The topological polar surface area (TPSA) is 114 Å². The normalized spacial score (nSPS) is 24.9. The van der Waals surface area contributed by atoms with Crippen molar-refractivity contribution in [3.63, 3.8) is 0 Å². The molecule has 2 atom stereocenters. The van der Waals surface area contributed by atoms with E-state index in [0.717, 1.165) is 23.1 Å². The summed E-state index contributed by atoms with van der Waals surface area (Å²) in [5, 5.41) is 0.911. The first-order chi connectivity index (χ1) is 12.5. The Labute approximate surface area is 163 Å². The molecule has 0 radical (unpaired) electrons. The number of aromatic nitrogens is 1. The molecule has 0 amide bonds. The number of hydrogen-bond donors (Lipinski definition) is 3. The fraction of sp³-hybridized carbons (Fsp3) is 0.500. The van der Waals surface area contributed by atoms with Crippen LogP contribution < -0.4 is 21.1 Å². The van der Waals surface area contributed by atoms with Crippen molar-refractivity contribution in [2.24, 2.45) is 17.6 Å². The van der Waals surface area contributed by atoms with E-state index in [2.05, 4.69) is 14.6 Å². The molecule has 1 saturated carbocycles. The van der Waals surface area contributed by atoms with Gasteiger partial charge in [-0.05, 0) is 44.7 Å². The minimum atomic E-state index is -3.72. The highest BCUT2D eigenvalue weighted by molar-refractivity contribution is 7.89.